The summed E-state index contributed by atoms with van der Waals surface area (Å²) in [6, 6.07) is 4.93. The fraction of sp³-hybridized carbons (Fsp3) is 0.438. The summed E-state index contributed by atoms with van der Waals surface area (Å²) in [6.45, 7) is 2.04. The first-order chi connectivity index (χ1) is 11.6. The third-order valence-electron chi connectivity index (χ3n) is 4.43. The second-order valence-electron chi connectivity index (χ2n) is 6.03. The first-order valence-electron chi connectivity index (χ1n) is 8.02. The first kappa shape index (κ1) is 15.5. The van der Waals surface area contributed by atoms with Crippen LogP contribution in [0.15, 0.2) is 35.5 Å². The topological polar surface area (TPSA) is 82.5 Å². The van der Waals surface area contributed by atoms with Crippen molar-refractivity contribution in [3.8, 4) is 11.5 Å². The molecule has 7 nitrogen and oxygen atoms in total. The lowest BCUT2D eigenvalue weighted by Crippen LogP contribution is -2.33. The Kier molecular flexibility index (Phi) is 3.93. The molecule has 4 rings (SSSR count). The van der Waals surface area contributed by atoms with Crippen LogP contribution >= 0.6 is 0 Å². The Balaban J connectivity index is 1.49. The summed E-state index contributed by atoms with van der Waals surface area (Å²) in [5.74, 6) is 2.03. The molecule has 0 unspecified atom stereocenters. The van der Waals surface area contributed by atoms with Crippen molar-refractivity contribution in [3.63, 3.8) is 0 Å². The number of nitrogens with zero attached hydrogens (tertiary/aromatic N) is 2. The van der Waals surface area contributed by atoms with Crippen LogP contribution in [0, 0.1) is 5.92 Å². The lowest BCUT2D eigenvalue weighted by atomic mass is 9.98. The molecule has 0 spiro atoms. The van der Waals surface area contributed by atoms with Crippen molar-refractivity contribution in [2.75, 3.05) is 19.8 Å². The number of aromatic nitrogens is 2. The van der Waals surface area contributed by atoms with E-state index < -0.39 is 10.0 Å². The molecule has 8 heteroatoms. The minimum absolute atomic E-state index is 0.136. The summed E-state index contributed by atoms with van der Waals surface area (Å²) in [5, 5.41) is 0. The van der Waals surface area contributed by atoms with Gasteiger partial charge in [0.2, 0.25) is 10.0 Å². The average molecular weight is 349 g/mol. The number of para-hydroxylation sites is 1. The maximum Gasteiger partial charge on any atom is 0.244 e. The summed E-state index contributed by atoms with van der Waals surface area (Å²) >= 11 is 0. The number of hydrogen-bond acceptors (Lipinski definition) is 5. The molecule has 3 heterocycles. The zero-order valence-corrected chi connectivity index (χ0v) is 14.0. The van der Waals surface area contributed by atoms with Crippen molar-refractivity contribution in [3.05, 3.63) is 36.4 Å². The van der Waals surface area contributed by atoms with Gasteiger partial charge in [0.05, 0.1) is 0 Å². The van der Waals surface area contributed by atoms with E-state index in [0.717, 1.165) is 25.2 Å². The van der Waals surface area contributed by atoms with Gasteiger partial charge >= 0.3 is 0 Å². The van der Waals surface area contributed by atoms with E-state index in [0.29, 0.717) is 31.3 Å². The highest BCUT2D eigenvalue weighted by Crippen LogP contribution is 2.36. The molecule has 0 fully saturated rings. The number of sulfonamides is 1. The number of nitrogens with one attached hydrogen (secondary N) is 1. The van der Waals surface area contributed by atoms with E-state index in [4.69, 9.17) is 9.47 Å². The maximum absolute atomic E-state index is 12.7. The molecular formula is C16H19N3O4S. The minimum atomic E-state index is -3.65. The molecule has 0 radical (unpaired) electrons. The summed E-state index contributed by atoms with van der Waals surface area (Å²) in [5.41, 5.74) is 0. The van der Waals surface area contributed by atoms with Crippen LogP contribution in [0.2, 0.25) is 0 Å². The van der Waals surface area contributed by atoms with Crippen LogP contribution in [0.25, 0.3) is 0 Å². The van der Waals surface area contributed by atoms with Crippen molar-refractivity contribution < 1.29 is 17.9 Å². The van der Waals surface area contributed by atoms with Crippen molar-refractivity contribution in [2.45, 2.75) is 24.3 Å². The van der Waals surface area contributed by atoms with Gasteiger partial charge < -0.3 is 14.0 Å². The number of imidazole rings is 1. The maximum atomic E-state index is 12.7. The lowest BCUT2D eigenvalue weighted by molar-refractivity contribution is 0.167. The molecule has 2 aromatic rings. The standard InChI is InChI=1S/C16H19N3O4S/c20-24(21,14-3-1-2-13-16(14)23-9-8-22-13)18-11-12-4-6-19-7-5-17-15(19)10-12/h1-3,5,7,12,18H,4,6,8-11H2/t12-/m1/s1. The Morgan fingerprint density at radius 1 is 1.29 bits per heavy atom. The number of fused-ring (bicyclic) bond motifs is 2. The summed E-state index contributed by atoms with van der Waals surface area (Å²) in [6.07, 6.45) is 5.46. The Morgan fingerprint density at radius 2 is 2.17 bits per heavy atom. The fourth-order valence-corrected chi connectivity index (χ4v) is 4.43. The van der Waals surface area contributed by atoms with Crippen LogP contribution in [-0.4, -0.2) is 37.7 Å². The molecular weight excluding hydrogens is 330 g/mol. The highest BCUT2D eigenvalue weighted by molar-refractivity contribution is 7.89. The number of aryl methyl sites for hydroxylation is 1. The molecule has 2 aliphatic heterocycles. The normalized spacial score (nSPS) is 19.8. The van der Waals surface area contributed by atoms with Crippen LogP contribution in [0.3, 0.4) is 0 Å². The molecule has 0 saturated heterocycles. The molecule has 0 amide bonds. The van der Waals surface area contributed by atoms with E-state index in [1.807, 2.05) is 6.20 Å². The monoisotopic (exact) mass is 349 g/mol. The SMILES string of the molecule is O=S(=O)(NC[C@@H]1CCn2ccnc2C1)c1cccc2c1OCCO2. The third-order valence-corrected chi connectivity index (χ3v) is 5.88. The van der Waals surface area contributed by atoms with E-state index in [-0.39, 0.29) is 10.8 Å². The molecule has 1 aromatic heterocycles. The lowest BCUT2D eigenvalue weighted by Gasteiger charge is -2.24. The minimum Gasteiger partial charge on any atom is -0.486 e. The number of hydrogen-bond donors (Lipinski definition) is 1. The Labute approximate surface area is 140 Å². The van der Waals surface area contributed by atoms with Gasteiger partial charge in [0.15, 0.2) is 11.5 Å². The van der Waals surface area contributed by atoms with Crippen molar-refractivity contribution in [1.82, 2.24) is 14.3 Å². The van der Waals surface area contributed by atoms with Gasteiger partial charge in [-0.1, -0.05) is 6.07 Å². The van der Waals surface area contributed by atoms with Gasteiger partial charge in [-0.15, -0.1) is 0 Å². The molecule has 0 saturated carbocycles. The van der Waals surface area contributed by atoms with E-state index in [1.54, 1.807) is 24.4 Å². The second-order valence-corrected chi connectivity index (χ2v) is 7.76. The molecule has 1 atom stereocenters. The molecule has 0 bridgehead atoms. The van der Waals surface area contributed by atoms with Crippen LogP contribution in [-0.2, 0) is 23.0 Å². The van der Waals surface area contributed by atoms with E-state index in [1.165, 1.54) is 0 Å². The molecule has 2 aliphatic rings. The van der Waals surface area contributed by atoms with E-state index in [2.05, 4.69) is 14.3 Å². The summed E-state index contributed by atoms with van der Waals surface area (Å²) < 4.78 is 41.1. The fourth-order valence-electron chi connectivity index (χ4n) is 3.15. The van der Waals surface area contributed by atoms with Crippen molar-refractivity contribution in [2.24, 2.45) is 5.92 Å². The van der Waals surface area contributed by atoms with Crippen LogP contribution < -0.4 is 14.2 Å². The largest absolute Gasteiger partial charge is 0.486 e. The van der Waals surface area contributed by atoms with Crippen molar-refractivity contribution >= 4 is 10.0 Å². The zero-order valence-electron chi connectivity index (χ0n) is 13.1. The smallest absolute Gasteiger partial charge is 0.244 e. The quantitative estimate of drug-likeness (QED) is 0.897. The summed E-state index contributed by atoms with van der Waals surface area (Å²) in [7, 11) is -3.65. The van der Waals surface area contributed by atoms with Crippen molar-refractivity contribution in [1.29, 1.82) is 0 Å². The molecule has 128 valence electrons. The van der Waals surface area contributed by atoms with Gasteiger partial charge in [0, 0.05) is 31.9 Å². The molecule has 0 aliphatic carbocycles. The van der Waals surface area contributed by atoms with Crippen LogP contribution in [0.4, 0.5) is 0 Å². The van der Waals surface area contributed by atoms with E-state index >= 15 is 0 Å². The predicted octanol–water partition coefficient (Wildman–Crippen LogP) is 1.20. The van der Waals surface area contributed by atoms with Gasteiger partial charge in [0.1, 0.15) is 23.9 Å². The average Bonchev–Trinajstić information content (AvgIpc) is 3.07. The highest BCUT2D eigenvalue weighted by atomic mass is 32.2. The van der Waals surface area contributed by atoms with Crippen LogP contribution in [0.5, 0.6) is 11.5 Å². The van der Waals surface area contributed by atoms with E-state index in [9.17, 15) is 8.42 Å². The van der Waals surface area contributed by atoms with Gasteiger partial charge in [-0.3, -0.25) is 0 Å². The Hall–Kier alpha value is -2.06. The van der Waals surface area contributed by atoms with Gasteiger partial charge in [-0.05, 0) is 24.5 Å². The predicted molar refractivity (Wildman–Crippen MR) is 86.7 cm³/mol. The Bertz CT molecular complexity index is 847. The van der Waals surface area contributed by atoms with Crippen LogP contribution in [0.1, 0.15) is 12.2 Å². The van der Waals surface area contributed by atoms with Gasteiger partial charge in [-0.2, -0.15) is 0 Å². The highest BCUT2D eigenvalue weighted by Gasteiger charge is 2.27. The van der Waals surface area contributed by atoms with Gasteiger partial charge in [0.25, 0.3) is 0 Å². The number of benzene rings is 1. The number of ether oxygens (including phenoxy) is 2. The molecule has 1 aromatic carbocycles. The Morgan fingerprint density at radius 3 is 3.08 bits per heavy atom. The summed E-state index contributed by atoms with van der Waals surface area (Å²) in [4.78, 5) is 4.45. The third kappa shape index (κ3) is 2.87. The second kappa shape index (κ2) is 6.10. The van der Waals surface area contributed by atoms with Gasteiger partial charge in [-0.25, -0.2) is 18.1 Å². The molecule has 1 N–H and O–H groups in total. The number of rotatable bonds is 4. The first-order valence-corrected chi connectivity index (χ1v) is 9.50. The molecule has 24 heavy (non-hydrogen) atoms. The zero-order chi connectivity index (χ0) is 16.6.